The summed E-state index contributed by atoms with van der Waals surface area (Å²) in [5.41, 5.74) is 2.65. The molecule has 0 radical (unpaired) electrons. The molecule has 0 saturated carbocycles. The smallest absolute Gasteiger partial charge is 0.0558 e. The number of piperidine rings is 1. The third-order valence-corrected chi connectivity index (χ3v) is 4.10. The zero-order valence-electron chi connectivity index (χ0n) is 12.2. The molecule has 2 rings (SSSR count). The number of aliphatic hydroxyl groups excluding tert-OH is 1. The monoisotopic (exact) mass is 262 g/mol. The van der Waals surface area contributed by atoms with Crippen LogP contribution in [0.4, 0.5) is 0 Å². The molecule has 0 unspecified atom stereocenters. The van der Waals surface area contributed by atoms with Gasteiger partial charge in [0.1, 0.15) is 0 Å². The molecule has 1 fully saturated rings. The average molecular weight is 262 g/mol. The van der Waals surface area contributed by atoms with Crippen molar-refractivity contribution in [3.05, 3.63) is 35.4 Å². The highest BCUT2D eigenvalue weighted by molar-refractivity contribution is 5.21. The van der Waals surface area contributed by atoms with Crippen LogP contribution in [-0.4, -0.2) is 54.2 Å². The number of rotatable bonds is 5. The van der Waals surface area contributed by atoms with Crippen molar-refractivity contribution in [1.82, 2.24) is 9.80 Å². The fourth-order valence-corrected chi connectivity index (χ4v) is 2.81. The minimum Gasteiger partial charge on any atom is -0.395 e. The van der Waals surface area contributed by atoms with Gasteiger partial charge in [0.15, 0.2) is 0 Å². The number of nitrogens with zero attached hydrogens (tertiary/aromatic N) is 2. The normalized spacial score (nSPS) is 18.1. The molecule has 0 aliphatic carbocycles. The molecule has 1 aliphatic heterocycles. The van der Waals surface area contributed by atoms with Gasteiger partial charge in [0.25, 0.3) is 0 Å². The van der Waals surface area contributed by atoms with Crippen molar-refractivity contribution in [3.8, 4) is 0 Å². The fraction of sp³-hybridized carbons (Fsp3) is 0.625. The summed E-state index contributed by atoms with van der Waals surface area (Å²) >= 11 is 0. The fourth-order valence-electron chi connectivity index (χ4n) is 2.81. The lowest BCUT2D eigenvalue weighted by Crippen LogP contribution is -2.44. The maximum absolute atomic E-state index is 9.29. The van der Waals surface area contributed by atoms with Crippen molar-refractivity contribution in [2.45, 2.75) is 32.4 Å². The molecule has 0 spiro atoms. The summed E-state index contributed by atoms with van der Waals surface area (Å²) in [6.07, 6.45) is 2.42. The van der Waals surface area contributed by atoms with Gasteiger partial charge in [-0.05, 0) is 45.5 Å². The van der Waals surface area contributed by atoms with E-state index in [1.165, 1.54) is 37.1 Å². The molecule has 0 aromatic heterocycles. The summed E-state index contributed by atoms with van der Waals surface area (Å²) in [4.78, 5) is 4.83. The number of benzene rings is 1. The Morgan fingerprint density at radius 1 is 1.21 bits per heavy atom. The van der Waals surface area contributed by atoms with E-state index >= 15 is 0 Å². The van der Waals surface area contributed by atoms with E-state index in [0.29, 0.717) is 6.04 Å². The number of hydrogen-bond donors (Lipinski definition) is 1. The van der Waals surface area contributed by atoms with Crippen LogP contribution in [0.3, 0.4) is 0 Å². The van der Waals surface area contributed by atoms with E-state index in [0.717, 1.165) is 13.1 Å². The molecule has 1 heterocycles. The lowest BCUT2D eigenvalue weighted by Gasteiger charge is -2.37. The first-order chi connectivity index (χ1) is 9.19. The van der Waals surface area contributed by atoms with E-state index in [4.69, 9.17) is 0 Å². The summed E-state index contributed by atoms with van der Waals surface area (Å²) in [6.45, 7) is 6.43. The third-order valence-electron chi connectivity index (χ3n) is 4.10. The van der Waals surface area contributed by atoms with Crippen LogP contribution in [0.1, 0.15) is 24.0 Å². The standard InChI is InChI=1S/C16H26N2O/c1-14-3-5-15(6-4-14)13-18(11-12-19)16-7-9-17(2)10-8-16/h3-6,16,19H,7-13H2,1-2H3. The van der Waals surface area contributed by atoms with Gasteiger partial charge in [-0.1, -0.05) is 29.8 Å². The molecule has 1 aromatic carbocycles. The molecular weight excluding hydrogens is 236 g/mol. The van der Waals surface area contributed by atoms with Crippen molar-refractivity contribution >= 4 is 0 Å². The Bertz CT molecular complexity index is 369. The van der Waals surface area contributed by atoms with Crippen LogP contribution in [-0.2, 0) is 6.54 Å². The first-order valence-electron chi connectivity index (χ1n) is 7.28. The first-order valence-corrected chi connectivity index (χ1v) is 7.28. The van der Waals surface area contributed by atoms with Gasteiger partial charge in [0.05, 0.1) is 6.61 Å². The average Bonchev–Trinajstić information content (AvgIpc) is 2.42. The number of aliphatic hydroxyl groups is 1. The number of hydrogen-bond acceptors (Lipinski definition) is 3. The Balaban J connectivity index is 1.97. The van der Waals surface area contributed by atoms with Crippen molar-refractivity contribution in [2.75, 3.05) is 33.3 Å². The Morgan fingerprint density at radius 3 is 2.42 bits per heavy atom. The topological polar surface area (TPSA) is 26.7 Å². The predicted octanol–water partition coefficient (Wildman–Crippen LogP) is 1.88. The van der Waals surface area contributed by atoms with E-state index in [-0.39, 0.29) is 6.61 Å². The Labute approximate surface area is 116 Å². The number of likely N-dealkylation sites (tertiary alicyclic amines) is 1. The van der Waals surface area contributed by atoms with Crippen LogP contribution in [0.25, 0.3) is 0 Å². The Hall–Kier alpha value is -0.900. The summed E-state index contributed by atoms with van der Waals surface area (Å²) in [5, 5.41) is 9.29. The highest BCUT2D eigenvalue weighted by Gasteiger charge is 2.22. The van der Waals surface area contributed by atoms with Gasteiger partial charge < -0.3 is 10.0 Å². The van der Waals surface area contributed by atoms with Crippen molar-refractivity contribution in [2.24, 2.45) is 0 Å². The summed E-state index contributed by atoms with van der Waals surface area (Å²) in [6, 6.07) is 9.36. The van der Waals surface area contributed by atoms with E-state index in [9.17, 15) is 5.11 Å². The molecular formula is C16H26N2O. The molecule has 19 heavy (non-hydrogen) atoms. The highest BCUT2D eigenvalue weighted by Crippen LogP contribution is 2.18. The molecule has 0 atom stereocenters. The predicted molar refractivity (Wildman–Crippen MR) is 79.2 cm³/mol. The van der Waals surface area contributed by atoms with Crippen molar-refractivity contribution in [3.63, 3.8) is 0 Å². The van der Waals surface area contributed by atoms with E-state index in [1.807, 2.05) is 0 Å². The second-order valence-corrected chi connectivity index (χ2v) is 5.71. The summed E-state index contributed by atoms with van der Waals surface area (Å²) < 4.78 is 0. The summed E-state index contributed by atoms with van der Waals surface area (Å²) in [5.74, 6) is 0. The maximum atomic E-state index is 9.29. The van der Waals surface area contributed by atoms with Crippen LogP contribution in [0, 0.1) is 6.92 Å². The number of aryl methyl sites for hydroxylation is 1. The first kappa shape index (κ1) is 14.5. The zero-order valence-corrected chi connectivity index (χ0v) is 12.2. The van der Waals surface area contributed by atoms with Gasteiger partial charge in [-0.15, -0.1) is 0 Å². The quantitative estimate of drug-likeness (QED) is 0.878. The van der Waals surface area contributed by atoms with E-state index in [2.05, 4.69) is 48.0 Å². The SMILES string of the molecule is Cc1ccc(CN(CCO)C2CCN(C)CC2)cc1. The van der Waals surface area contributed by atoms with Crippen LogP contribution >= 0.6 is 0 Å². The van der Waals surface area contributed by atoms with Gasteiger partial charge in [0.2, 0.25) is 0 Å². The minimum atomic E-state index is 0.248. The van der Waals surface area contributed by atoms with Crippen LogP contribution in [0.15, 0.2) is 24.3 Å². The maximum Gasteiger partial charge on any atom is 0.0558 e. The summed E-state index contributed by atoms with van der Waals surface area (Å²) in [7, 11) is 2.19. The largest absolute Gasteiger partial charge is 0.395 e. The molecule has 106 valence electrons. The minimum absolute atomic E-state index is 0.248. The third kappa shape index (κ3) is 4.30. The van der Waals surface area contributed by atoms with Gasteiger partial charge >= 0.3 is 0 Å². The molecule has 1 aliphatic rings. The molecule has 3 nitrogen and oxygen atoms in total. The second-order valence-electron chi connectivity index (χ2n) is 5.71. The molecule has 0 bridgehead atoms. The van der Waals surface area contributed by atoms with Crippen LogP contribution < -0.4 is 0 Å². The molecule has 1 N–H and O–H groups in total. The van der Waals surface area contributed by atoms with Gasteiger partial charge in [0, 0.05) is 19.1 Å². The van der Waals surface area contributed by atoms with Gasteiger partial charge in [-0.2, -0.15) is 0 Å². The van der Waals surface area contributed by atoms with Crippen molar-refractivity contribution < 1.29 is 5.11 Å². The molecule has 1 saturated heterocycles. The van der Waals surface area contributed by atoms with Gasteiger partial charge in [-0.3, -0.25) is 4.90 Å². The zero-order chi connectivity index (χ0) is 13.7. The van der Waals surface area contributed by atoms with Crippen LogP contribution in [0.2, 0.25) is 0 Å². The lowest BCUT2D eigenvalue weighted by molar-refractivity contribution is 0.0941. The highest BCUT2D eigenvalue weighted by atomic mass is 16.3. The van der Waals surface area contributed by atoms with Gasteiger partial charge in [-0.25, -0.2) is 0 Å². The second kappa shape index (κ2) is 7.04. The Kier molecular flexibility index (Phi) is 5.37. The van der Waals surface area contributed by atoms with Crippen molar-refractivity contribution in [1.29, 1.82) is 0 Å². The lowest BCUT2D eigenvalue weighted by atomic mass is 10.0. The molecule has 0 amide bonds. The van der Waals surface area contributed by atoms with Crippen LogP contribution in [0.5, 0.6) is 0 Å². The van der Waals surface area contributed by atoms with E-state index < -0.39 is 0 Å². The molecule has 3 heteroatoms. The van der Waals surface area contributed by atoms with E-state index in [1.54, 1.807) is 0 Å². The molecule has 1 aromatic rings. The Morgan fingerprint density at radius 2 is 1.84 bits per heavy atom.